The number of nitrogens with one attached hydrogen (secondary N) is 2. The molecule has 10 heteroatoms. The number of benzene rings is 2. The standard InChI is InChI=1S/C21H21N3O6S/c1-22-31(26,27)17-10-18(24(2)11-17)21(25)23-15-5-3-4-14(8-15)12-28-16-6-7-19-20(9-16)30-13-29-19/h3-11,22H,12-13H2,1-2H3,(H,23,25). The van der Waals surface area contributed by atoms with E-state index in [4.69, 9.17) is 14.2 Å². The van der Waals surface area contributed by atoms with Crippen molar-refractivity contribution in [3.63, 3.8) is 0 Å². The molecule has 162 valence electrons. The smallest absolute Gasteiger partial charge is 0.272 e. The van der Waals surface area contributed by atoms with Gasteiger partial charge in [-0.15, -0.1) is 0 Å². The van der Waals surface area contributed by atoms with E-state index in [1.165, 1.54) is 23.9 Å². The summed E-state index contributed by atoms with van der Waals surface area (Å²) in [7, 11) is -0.706. The lowest BCUT2D eigenvalue weighted by atomic mass is 10.2. The van der Waals surface area contributed by atoms with E-state index in [9.17, 15) is 13.2 Å². The molecule has 3 aromatic rings. The van der Waals surface area contributed by atoms with E-state index in [0.29, 0.717) is 22.9 Å². The van der Waals surface area contributed by atoms with Gasteiger partial charge >= 0.3 is 0 Å². The van der Waals surface area contributed by atoms with Gasteiger partial charge in [0.2, 0.25) is 16.8 Å². The van der Waals surface area contributed by atoms with Crippen LogP contribution in [0.2, 0.25) is 0 Å². The van der Waals surface area contributed by atoms with Gasteiger partial charge in [-0.1, -0.05) is 12.1 Å². The number of sulfonamides is 1. The van der Waals surface area contributed by atoms with Crippen molar-refractivity contribution in [2.75, 3.05) is 19.2 Å². The fraction of sp³-hybridized carbons (Fsp3) is 0.190. The van der Waals surface area contributed by atoms with Gasteiger partial charge in [0.15, 0.2) is 11.5 Å². The highest BCUT2D eigenvalue weighted by Crippen LogP contribution is 2.35. The zero-order valence-corrected chi connectivity index (χ0v) is 17.7. The summed E-state index contributed by atoms with van der Waals surface area (Å²) in [6, 6.07) is 13.9. The Morgan fingerprint density at radius 3 is 2.74 bits per heavy atom. The van der Waals surface area contributed by atoms with Gasteiger partial charge < -0.3 is 24.1 Å². The lowest BCUT2D eigenvalue weighted by molar-refractivity contribution is 0.101. The Kier molecular flexibility index (Phi) is 5.57. The Hall–Kier alpha value is -3.50. The van der Waals surface area contributed by atoms with Crippen molar-refractivity contribution in [2.24, 2.45) is 7.05 Å². The molecule has 0 saturated carbocycles. The number of carbonyl (C=O) groups excluding carboxylic acids is 1. The predicted molar refractivity (Wildman–Crippen MR) is 113 cm³/mol. The summed E-state index contributed by atoms with van der Waals surface area (Å²) in [6.45, 7) is 0.488. The number of aromatic nitrogens is 1. The van der Waals surface area contributed by atoms with Crippen molar-refractivity contribution in [1.29, 1.82) is 0 Å². The SMILES string of the molecule is CNS(=O)(=O)c1cc(C(=O)Nc2cccc(COc3ccc4c(c3)OCO4)c2)n(C)c1. The first kappa shape index (κ1) is 20.8. The number of aryl methyl sites for hydroxylation is 1. The van der Waals surface area contributed by atoms with Gasteiger partial charge in [0.25, 0.3) is 5.91 Å². The van der Waals surface area contributed by atoms with E-state index < -0.39 is 15.9 Å². The van der Waals surface area contributed by atoms with Gasteiger partial charge in [-0.2, -0.15) is 0 Å². The molecule has 1 aromatic heterocycles. The second kappa shape index (κ2) is 8.32. The van der Waals surface area contributed by atoms with Gasteiger partial charge in [-0.05, 0) is 42.9 Å². The molecule has 1 aliphatic heterocycles. The molecule has 2 N–H and O–H groups in total. The van der Waals surface area contributed by atoms with Crippen molar-refractivity contribution < 1.29 is 27.4 Å². The first-order valence-corrected chi connectivity index (χ1v) is 10.9. The van der Waals surface area contributed by atoms with E-state index in [1.54, 1.807) is 43.4 Å². The molecular formula is C21H21N3O6S. The van der Waals surface area contributed by atoms with Crippen LogP contribution in [0.1, 0.15) is 16.1 Å². The summed E-state index contributed by atoms with van der Waals surface area (Å²) in [5.74, 6) is 1.54. The minimum Gasteiger partial charge on any atom is -0.489 e. The molecule has 2 aromatic carbocycles. The molecule has 9 nitrogen and oxygen atoms in total. The number of nitrogens with zero attached hydrogens (tertiary/aromatic N) is 1. The Bertz CT molecular complexity index is 1240. The van der Waals surface area contributed by atoms with Crippen LogP contribution in [0.15, 0.2) is 59.6 Å². The van der Waals surface area contributed by atoms with Gasteiger partial charge in [-0.3, -0.25) is 4.79 Å². The molecule has 0 unspecified atom stereocenters. The monoisotopic (exact) mass is 443 g/mol. The summed E-state index contributed by atoms with van der Waals surface area (Å²) in [5.41, 5.74) is 1.63. The third-order valence-electron chi connectivity index (χ3n) is 4.73. The molecular weight excluding hydrogens is 422 g/mol. The van der Waals surface area contributed by atoms with E-state index >= 15 is 0 Å². The van der Waals surface area contributed by atoms with Crippen molar-refractivity contribution in [2.45, 2.75) is 11.5 Å². The van der Waals surface area contributed by atoms with Crippen LogP contribution >= 0.6 is 0 Å². The third kappa shape index (κ3) is 4.49. The maximum absolute atomic E-state index is 12.7. The fourth-order valence-corrected chi connectivity index (χ4v) is 3.89. The van der Waals surface area contributed by atoms with Crippen molar-refractivity contribution >= 4 is 21.6 Å². The number of rotatable bonds is 7. The van der Waals surface area contributed by atoms with Gasteiger partial charge in [0, 0.05) is 25.0 Å². The summed E-state index contributed by atoms with van der Waals surface area (Å²) < 4.78 is 44.0. The topological polar surface area (TPSA) is 108 Å². The summed E-state index contributed by atoms with van der Waals surface area (Å²) in [6.07, 6.45) is 1.39. The first-order valence-electron chi connectivity index (χ1n) is 9.38. The van der Waals surface area contributed by atoms with Gasteiger partial charge in [0.1, 0.15) is 22.9 Å². The minimum atomic E-state index is -3.63. The quantitative estimate of drug-likeness (QED) is 0.581. The Balaban J connectivity index is 1.43. The van der Waals surface area contributed by atoms with Crippen LogP contribution in [0, 0.1) is 0 Å². The molecule has 0 radical (unpaired) electrons. The Labute approximate surface area is 179 Å². The van der Waals surface area contributed by atoms with Crippen molar-refractivity contribution in [3.8, 4) is 17.2 Å². The third-order valence-corrected chi connectivity index (χ3v) is 6.11. The summed E-state index contributed by atoms with van der Waals surface area (Å²) in [5, 5.41) is 2.79. The number of anilines is 1. The first-order chi connectivity index (χ1) is 14.9. The van der Waals surface area contributed by atoms with E-state index in [2.05, 4.69) is 10.0 Å². The molecule has 2 heterocycles. The zero-order chi connectivity index (χ0) is 22.0. The number of hydrogen-bond acceptors (Lipinski definition) is 6. The maximum atomic E-state index is 12.7. The average Bonchev–Trinajstić information content (AvgIpc) is 3.39. The van der Waals surface area contributed by atoms with Crippen molar-refractivity contribution in [1.82, 2.24) is 9.29 Å². The Morgan fingerprint density at radius 1 is 1.13 bits per heavy atom. The highest BCUT2D eigenvalue weighted by Gasteiger charge is 2.19. The number of amides is 1. The lowest BCUT2D eigenvalue weighted by Crippen LogP contribution is -2.18. The summed E-state index contributed by atoms with van der Waals surface area (Å²) in [4.78, 5) is 12.7. The largest absolute Gasteiger partial charge is 0.489 e. The van der Waals surface area contributed by atoms with Crippen LogP contribution < -0.4 is 24.2 Å². The average molecular weight is 443 g/mol. The molecule has 0 fully saturated rings. The molecule has 0 atom stereocenters. The van der Waals surface area contributed by atoms with Crippen LogP contribution in [-0.2, 0) is 23.7 Å². The molecule has 31 heavy (non-hydrogen) atoms. The molecule has 1 amide bonds. The van der Waals surface area contributed by atoms with E-state index in [0.717, 1.165) is 5.56 Å². The molecule has 1 aliphatic rings. The highest BCUT2D eigenvalue weighted by atomic mass is 32.2. The molecule has 0 saturated heterocycles. The van der Waals surface area contributed by atoms with Crippen LogP contribution in [-0.4, -0.2) is 32.7 Å². The molecule has 0 spiro atoms. The molecule has 0 aliphatic carbocycles. The minimum absolute atomic E-state index is 0.0218. The number of carbonyl (C=O) groups is 1. The normalized spacial score (nSPS) is 12.6. The van der Waals surface area contributed by atoms with Crippen LogP contribution in [0.3, 0.4) is 0 Å². The molecule has 0 bridgehead atoms. The fourth-order valence-electron chi connectivity index (χ4n) is 3.09. The number of hydrogen-bond donors (Lipinski definition) is 2. The van der Waals surface area contributed by atoms with Crippen LogP contribution in [0.4, 0.5) is 5.69 Å². The second-order valence-corrected chi connectivity index (χ2v) is 8.72. The van der Waals surface area contributed by atoms with Crippen LogP contribution in [0.5, 0.6) is 17.2 Å². The van der Waals surface area contributed by atoms with Crippen molar-refractivity contribution in [3.05, 3.63) is 66.0 Å². The van der Waals surface area contributed by atoms with Gasteiger partial charge in [-0.25, -0.2) is 13.1 Å². The zero-order valence-electron chi connectivity index (χ0n) is 16.9. The predicted octanol–water partition coefficient (Wildman–Crippen LogP) is 2.49. The summed E-state index contributed by atoms with van der Waals surface area (Å²) >= 11 is 0. The molecule has 4 rings (SSSR count). The highest BCUT2D eigenvalue weighted by molar-refractivity contribution is 7.89. The van der Waals surface area contributed by atoms with Gasteiger partial charge in [0.05, 0.1) is 0 Å². The lowest BCUT2D eigenvalue weighted by Gasteiger charge is -2.10. The van der Waals surface area contributed by atoms with Crippen LogP contribution in [0.25, 0.3) is 0 Å². The maximum Gasteiger partial charge on any atom is 0.272 e. The number of fused-ring (bicyclic) bond motifs is 1. The second-order valence-electron chi connectivity index (χ2n) is 6.84. The number of ether oxygens (including phenoxy) is 3. The van der Waals surface area contributed by atoms with E-state index in [1.807, 2.05) is 6.07 Å². The Morgan fingerprint density at radius 2 is 1.94 bits per heavy atom. The van der Waals surface area contributed by atoms with E-state index in [-0.39, 0.29) is 24.0 Å².